The first-order chi connectivity index (χ1) is 16.6. The van der Waals surface area contributed by atoms with Crippen LogP contribution in [0.4, 0.5) is 5.69 Å². The van der Waals surface area contributed by atoms with Crippen LogP contribution in [-0.2, 0) is 11.4 Å². The SMILES string of the molecule is COc1ccc(NC(=O)/C(C#N)=C/c2cc(Br)ccc2OCc2cccc3ccccc23)cc1. The lowest BCUT2D eigenvalue weighted by Crippen LogP contribution is -2.13. The normalized spacial score (nSPS) is 11.0. The Morgan fingerprint density at radius 2 is 1.79 bits per heavy atom. The molecule has 0 bridgehead atoms. The third-order valence-electron chi connectivity index (χ3n) is 5.25. The second-order valence-corrected chi connectivity index (χ2v) is 8.38. The van der Waals surface area contributed by atoms with Gasteiger partial charge >= 0.3 is 0 Å². The van der Waals surface area contributed by atoms with E-state index in [2.05, 4.69) is 39.4 Å². The zero-order valence-electron chi connectivity index (χ0n) is 18.4. The van der Waals surface area contributed by atoms with Crippen molar-refractivity contribution >= 4 is 44.4 Å². The predicted octanol–water partition coefficient (Wildman–Crippen LogP) is 6.74. The Morgan fingerprint density at radius 1 is 1.03 bits per heavy atom. The van der Waals surface area contributed by atoms with Crippen LogP contribution in [0.5, 0.6) is 11.5 Å². The van der Waals surface area contributed by atoms with E-state index in [1.54, 1.807) is 31.4 Å². The minimum Gasteiger partial charge on any atom is -0.497 e. The second-order valence-electron chi connectivity index (χ2n) is 7.46. The fourth-order valence-electron chi connectivity index (χ4n) is 3.51. The van der Waals surface area contributed by atoms with E-state index in [0.717, 1.165) is 20.8 Å². The van der Waals surface area contributed by atoms with E-state index in [9.17, 15) is 10.1 Å². The highest BCUT2D eigenvalue weighted by Crippen LogP contribution is 2.28. The molecule has 5 nitrogen and oxygen atoms in total. The number of rotatable bonds is 7. The highest BCUT2D eigenvalue weighted by Gasteiger charge is 2.13. The van der Waals surface area contributed by atoms with E-state index < -0.39 is 5.91 Å². The Morgan fingerprint density at radius 3 is 2.56 bits per heavy atom. The molecule has 0 fully saturated rings. The van der Waals surface area contributed by atoms with Crippen LogP contribution in [0.25, 0.3) is 16.8 Å². The molecule has 0 aliphatic rings. The molecule has 0 aliphatic carbocycles. The molecular weight excluding hydrogens is 492 g/mol. The molecule has 34 heavy (non-hydrogen) atoms. The molecule has 168 valence electrons. The van der Waals surface area contributed by atoms with Crippen LogP contribution in [-0.4, -0.2) is 13.0 Å². The molecule has 0 heterocycles. The molecule has 1 amide bonds. The number of carbonyl (C=O) groups excluding carboxylic acids is 1. The van der Waals surface area contributed by atoms with Gasteiger partial charge in [0.15, 0.2) is 0 Å². The lowest BCUT2D eigenvalue weighted by Gasteiger charge is -2.12. The molecule has 0 aromatic heterocycles. The van der Waals surface area contributed by atoms with Crippen molar-refractivity contribution in [2.24, 2.45) is 0 Å². The number of amides is 1. The molecule has 0 radical (unpaired) electrons. The number of ether oxygens (including phenoxy) is 2. The van der Waals surface area contributed by atoms with Gasteiger partial charge in [0.1, 0.15) is 29.7 Å². The number of nitriles is 1. The van der Waals surface area contributed by atoms with Crippen molar-refractivity contribution in [3.63, 3.8) is 0 Å². The first kappa shape index (κ1) is 23.1. The van der Waals surface area contributed by atoms with Crippen molar-refractivity contribution in [1.82, 2.24) is 0 Å². The third-order valence-corrected chi connectivity index (χ3v) is 5.74. The topological polar surface area (TPSA) is 71.3 Å². The van der Waals surface area contributed by atoms with Crippen molar-refractivity contribution in [3.8, 4) is 17.6 Å². The Bertz CT molecular complexity index is 1400. The monoisotopic (exact) mass is 512 g/mol. The lowest BCUT2D eigenvalue weighted by molar-refractivity contribution is -0.112. The molecule has 4 aromatic rings. The van der Waals surface area contributed by atoms with Crippen molar-refractivity contribution < 1.29 is 14.3 Å². The minimum absolute atomic E-state index is 0.0380. The summed E-state index contributed by atoms with van der Waals surface area (Å²) in [5, 5.41) is 14.7. The van der Waals surface area contributed by atoms with Crippen LogP contribution in [0.2, 0.25) is 0 Å². The summed E-state index contributed by atoms with van der Waals surface area (Å²) in [6, 6.07) is 28.6. The molecule has 6 heteroatoms. The van der Waals surface area contributed by atoms with E-state index in [1.807, 2.05) is 48.5 Å². The second kappa shape index (κ2) is 10.7. The fraction of sp³-hybridized carbons (Fsp3) is 0.0714. The van der Waals surface area contributed by atoms with Crippen molar-refractivity contribution in [1.29, 1.82) is 5.26 Å². The number of benzene rings is 4. The van der Waals surface area contributed by atoms with Gasteiger partial charge in [0.25, 0.3) is 5.91 Å². The quantitative estimate of drug-likeness (QED) is 0.220. The van der Waals surface area contributed by atoms with Crippen LogP contribution in [0, 0.1) is 11.3 Å². The molecule has 0 spiro atoms. The molecular formula is C28H21BrN2O3. The molecule has 0 saturated carbocycles. The van der Waals surface area contributed by atoms with Gasteiger partial charge in [-0.15, -0.1) is 0 Å². The van der Waals surface area contributed by atoms with E-state index in [0.29, 0.717) is 29.4 Å². The highest BCUT2D eigenvalue weighted by atomic mass is 79.9. The molecule has 0 atom stereocenters. The summed E-state index contributed by atoms with van der Waals surface area (Å²) in [5.74, 6) is 0.741. The van der Waals surface area contributed by atoms with E-state index in [1.165, 1.54) is 6.08 Å². The van der Waals surface area contributed by atoms with Crippen molar-refractivity contribution in [2.75, 3.05) is 12.4 Å². The predicted molar refractivity (Wildman–Crippen MR) is 138 cm³/mol. The van der Waals surface area contributed by atoms with Gasteiger partial charge in [0.05, 0.1) is 7.11 Å². The molecule has 1 N–H and O–H groups in total. The van der Waals surface area contributed by atoms with Gasteiger partial charge < -0.3 is 14.8 Å². The van der Waals surface area contributed by atoms with Gasteiger partial charge in [-0.25, -0.2) is 0 Å². The molecule has 0 saturated heterocycles. The van der Waals surface area contributed by atoms with Crippen LogP contribution in [0.1, 0.15) is 11.1 Å². The molecule has 0 aliphatic heterocycles. The average molecular weight is 513 g/mol. The van der Waals surface area contributed by atoms with Gasteiger partial charge in [0, 0.05) is 15.7 Å². The summed E-state index contributed by atoms with van der Waals surface area (Å²) in [4.78, 5) is 12.7. The fourth-order valence-corrected chi connectivity index (χ4v) is 3.89. The van der Waals surface area contributed by atoms with Crippen molar-refractivity contribution in [3.05, 3.63) is 106 Å². The van der Waals surface area contributed by atoms with Crippen LogP contribution < -0.4 is 14.8 Å². The maximum atomic E-state index is 12.7. The van der Waals surface area contributed by atoms with Gasteiger partial charge in [-0.1, -0.05) is 58.4 Å². The number of anilines is 1. The maximum Gasteiger partial charge on any atom is 0.266 e. The summed E-state index contributed by atoms with van der Waals surface area (Å²) in [7, 11) is 1.57. The average Bonchev–Trinajstić information content (AvgIpc) is 2.87. The lowest BCUT2D eigenvalue weighted by atomic mass is 10.1. The Hall–Kier alpha value is -4.08. The Kier molecular flexibility index (Phi) is 7.26. The maximum absolute atomic E-state index is 12.7. The number of methoxy groups -OCH3 is 1. The van der Waals surface area contributed by atoms with Crippen LogP contribution in [0.3, 0.4) is 0 Å². The van der Waals surface area contributed by atoms with E-state index in [4.69, 9.17) is 9.47 Å². The van der Waals surface area contributed by atoms with Gasteiger partial charge in [-0.3, -0.25) is 4.79 Å². The number of carbonyl (C=O) groups is 1. The first-order valence-electron chi connectivity index (χ1n) is 10.5. The summed E-state index contributed by atoms with van der Waals surface area (Å²) < 4.78 is 12.1. The van der Waals surface area contributed by atoms with Gasteiger partial charge in [-0.05, 0) is 64.9 Å². The summed E-state index contributed by atoms with van der Waals surface area (Å²) in [5.41, 5.74) is 2.20. The van der Waals surface area contributed by atoms with Gasteiger partial charge in [-0.2, -0.15) is 5.26 Å². The smallest absolute Gasteiger partial charge is 0.266 e. The Labute approximate surface area is 206 Å². The number of fused-ring (bicyclic) bond motifs is 1. The summed E-state index contributed by atoms with van der Waals surface area (Å²) in [6.07, 6.45) is 1.53. The number of nitrogens with zero attached hydrogens (tertiary/aromatic N) is 1. The number of halogens is 1. The van der Waals surface area contributed by atoms with Crippen LogP contribution in [0.15, 0.2) is 95.0 Å². The van der Waals surface area contributed by atoms with E-state index in [-0.39, 0.29) is 5.57 Å². The van der Waals surface area contributed by atoms with Crippen LogP contribution >= 0.6 is 15.9 Å². The number of nitrogens with one attached hydrogen (secondary N) is 1. The van der Waals surface area contributed by atoms with Crippen molar-refractivity contribution in [2.45, 2.75) is 6.61 Å². The number of hydrogen-bond acceptors (Lipinski definition) is 4. The van der Waals surface area contributed by atoms with E-state index >= 15 is 0 Å². The third kappa shape index (κ3) is 5.45. The largest absolute Gasteiger partial charge is 0.497 e. The molecule has 4 rings (SSSR count). The molecule has 0 unspecified atom stereocenters. The minimum atomic E-state index is -0.507. The summed E-state index contributed by atoms with van der Waals surface area (Å²) >= 11 is 3.46. The summed E-state index contributed by atoms with van der Waals surface area (Å²) in [6.45, 7) is 0.351. The standard InChI is InChI=1S/C28H21BrN2O3/c1-33-25-12-10-24(11-13-25)31-28(32)22(17-30)15-21-16-23(29)9-14-27(21)34-18-20-7-4-6-19-5-2-3-8-26(19)20/h2-16H,18H2,1H3,(H,31,32)/b22-15+. The van der Waals surface area contributed by atoms with Gasteiger partial charge in [0.2, 0.25) is 0 Å². The highest BCUT2D eigenvalue weighted by molar-refractivity contribution is 9.10. The zero-order chi connectivity index (χ0) is 23.9. The molecule has 4 aromatic carbocycles. The first-order valence-corrected chi connectivity index (χ1v) is 11.3. The zero-order valence-corrected chi connectivity index (χ0v) is 20.0. The number of hydrogen-bond donors (Lipinski definition) is 1. The Balaban J connectivity index is 1.57.